The minimum Gasteiger partial charge on any atom is -0.369 e. The molecule has 10 nitrogen and oxygen atoms in total. The maximum Gasteiger partial charge on any atom is 0.293 e. The second kappa shape index (κ2) is 11.4. The summed E-state index contributed by atoms with van der Waals surface area (Å²) in [6.45, 7) is 13.4. The second-order valence-corrected chi connectivity index (χ2v) is 12.6. The predicted octanol–water partition coefficient (Wildman–Crippen LogP) is 6.05. The van der Waals surface area contributed by atoms with E-state index >= 15 is 0 Å². The fourth-order valence-electron chi connectivity index (χ4n) is 5.36. The smallest absolute Gasteiger partial charge is 0.293 e. The molecule has 0 aliphatic carbocycles. The van der Waals surface area contributed by atoms with E-state index in [4.69, 9.17) is 16.3 Å². The lowest BCUT2D eigenvalue weighted by molar-refractivity contribution is 0.0926. The van der Waals surface area contributed by atoms with Gasteiger partial charge in [-0.15, -0.1) is 0 Å². The van der Waals surface area contributed by atoms with Crippen LogP contribution >= 0.6 is 11.8 Å². The Morgan fingerprint density at radius 1 is 1.02 bits per heavy atom. The van der Waals surface area contributed by atoms with E-state index in [0.717, 1.165) is 65.1 Å². The molecule has 222 valence electrons. The molecule has 1 atom stereocenters. The third-order valence-electron chi connectivity index (χ3n) is 7.84. The van der Waals surface area contributed by atoms with Gasteiger partial charge in [-0.3, -0.25) is 9.89 Å². The van der Waals surface area contributed by atoms with Gasteiger partial charge in [0.15, 0.2) is 5.65 Å². The molecule has 2 aromatic carbocycles. The largest absolute Gasteiger partial charge is 0.369 e. The Balaban J connectivity index is 1.20. The van der Waals surface area contributed by atoms with Crippen LogP contribution in [0.15, 0.2) is 59.3 Å². The van der Waals surface area contributed by atoms with Crippen molar-refractivity contribution < 1.29 is 9.32 Å². The van der Waals surface area contributed by atoms with E-state index in [2.05, 4.69) is 71.9 Å². The summed E-state index contributed by atoms with van der Waals surface area (Å²) in [4.78, 5) is 24.1. The average Bonchev–Trinajstić information content (AvgIpc) is 3.66. The molecular formula is C32H35ClN8O2. The van der Waals surface area contributed by atoms with E-state index in [1.165, 1.54) is 5.69 Å². The number of carbonyl (C=O) groups excluding carboxylic acids is 1. The Kier molecular flexibility index (Phi) is 7.66. The first-order valence-electron chi connectivity index (χ1n) is 14.4. The summed E-state index contributed by atoms with van der Waals surface area (Å²) in [5.41, 5.74) is 7.55. The van der Waals surface area contributed by atoms with Crippen LogP contribution in [-0.4, -0.2) is 61.8 Å². The highest BCUT2D eigenvalue weighted by Crippen LogP contribution is 2.32. The minimum atomic E-state index is -0.376. The molecule has 0 spiro atoms. The highest BCUT2D eigenvalue weighted by molar-refractivity contribution is 6.13. The summed E-state index contributed by atoms with van der Waals surface area (Å²) < 4.78 is 7.12. The number of fused-ring (bicyclic) bond motifs is 1. The van der Waals surface area contributed by atoms with Crippen molar-refractivity contribution in [2.75, 3.05) is 31.1 Å². The Bertz CT molecular complexity index is 1760. The van der Waals surface area contributed by atoms with Crippen LogP contribution in [0, 0.1) is 6.92 Å². The highest BCUT2D eigenvalue weighted by Gasteiger charge is 2.25. The number of anilines is 1. The summed E-state index contributed by atoms with van der Waals surface area (Å²) in [6, 6.07) is 16.6. The van der Waals surface area contributed by atoms with Gasteiger partial charge in [-0.05, 0) is 66.6 Å². The number of nitrogens with one attached hydrogen (secondary N) is 2. The molecule has 1 fully saturated rings. The van der Waals surface area contributed by atoms with E-state index in [1.54, 1.807) is 0 Å². The number of aryl methyl sites for hydroxylation is 1. The third-order valence-corrected chi connectivity index (χ3v) is 8.18. The Hall–Kier alpha value is -4.28. The molecule has 2 N–H and O–H groups in total. The number of nitrogens with zero attached hydrogens (tertiary/aromatic N) is 6. The topological polar surface area (TPSA) is 116 Å². The second-order valence-electron chi connectivity index (χ2n) is 12.1. The molecule has 1 aliphatic heterocycles. The Morgan fingerprint density at radius 2 is 1.74 bits per heavy atom. The van der Waals surface area contributed by atoms with Crippen LogP contribution in [0.4, 0.5) is 5.69 Å². The number of hydrogen-bond acceptors (Lipinski definition) is 8. The molecule has 6 rings (SSSR count). The lowest BCUT2D eigenvalue weighted by Crippen LogP contribution is -2.42. The number of pyridine rings is 1. The van der Waals surface area contributed by atoms with Gasteiger partial charge in [-0.1, -0.05) is 50.2 Å². The van der Waals surface area contributed by atoms with Crippen molar-refractivity contribution in [3.63, 3.8) is 0 Å². The van der Waals surface area contributed by atoms with Crippen molar-refractivity contribution in [2.24, 2.45) is 0 Å². The van der Waals surface area contributed by atoms with Gasteiger partial charge in [0.1, 0.15) is 0 Å². The van der Waals surface area contributed by atoms with Crippen LogP contribution in [0.3, 0.4) is 0 Å². The molecule has 0 unspecified atom stereocenters. The highest BCUT2D eigenvalue weighted by atomic mass is 35.5. The van der Waals surface area contributed by atoms with Crippen LogP contribution < -0.4 is 10.2 Å². The van der Waals surface area contributed by atoms with Crippen molar-refractivity contribution >= 4 is 34.4 Å². The first-order valence-corrected chi connectivity index (χ1v) is 14.8. The minimum absolute atomic E-state index is 0.0297. The molecular weight excluding hydrogens is 564 g/mol. The molecule has 3 aromatic heterocycles. The maximum atomic E-state index is 12.8. The van der Waals surface area contributed by atoms with Crippen molar-refractivity contribution in [1.82, 2.24) is 35.1 Å². The molecule has 0 bridgehead atoms. The first-order chi connectivity index (χ1) is 20.6. The molecule has 1 amide bonds. The number of H-pyrrole nitrogens is 1. The number of halogens is 1. The molecule has 43 heavy (non-hydrogen) atoms. The number of piperazine rings is 1. The number of carbonyl (C=O) groups is 1. The number of hydrogen-bond donors (Lipinski definition) is 2. The standard InChI is InChI=1S/C32H35ClN8O2/c1-19-16-22(8-11-25(19)20(2)35-30(42)29-36-31(43-39-29)32(3,4)5)27-26-17-23(18-34-28(26)38-37-27)21-6-9-24(10-7-21)40-12-14-41(33)15-13-40/h6-11,16-18,20H,12-15H2,1-5H3,(H,35,42)(H,34,37,38)/t20-/m1/s1. The quantitative estimate of drug-likeness (QED) is 0.227. The molecule has 11 heteroatoms. The van der Waals surface area contributed by atoms with E-state index in [9.17, 15) is 4.79 Å². The molecule has 0 saturated carbocycles. The van der Waals surface area contributed by atoms with Gasteiger partial charge in [0.25, 0.3) is 11.7 Å². The number of aromatic amines is 1. The lowest BCUT2D eigenvalue weighted by atomic mass is 9.97. The van der Waals surface area contributed by atoms with Gasteiger partial charge in [0, 0.05) is 60.0 Å². The van der Waals surface area contributed by atoms with Crippen LogP contribution in [0.2, 0.25) is 0 Å². The number of aromatic nitrogens is 5. The zero-order valence-electron chi connectivity index (χ0n) is 25.0. The van der Waals surface area contributed by atoms with E-state index in [-0.39, 0.29) is 23.2 Å². The van der Waals surface area contributed by atoms with Crippen LogP contribution in [-0.2, 0) is 5.41 Å². The Morgan fingerprint density at radius 3 is 2.42 bits per heavy atom. The number of rotatable bonds is 6. The zero-order chi connectivity index (χ0) is 30.3. The molecule has 0 radical (unpaired) electrons. The van der Waals surface area contributed by atoms with Crippen LogP contribution in [0.1, 0.15) is 61.4 Å². The van der Waals surface area contributed by atoms with Crippen molar-refractivity contribution in [1.29, 1.82) is 0 Å². The summed E-state index contributed by atoms with van der Waals surface area (Å²) in [5, 5.41) is 15.4. The normalized spacial score (nSPS) is 15.2. The monoisotopic (exact) mass is 598 g/mol. The fraction of sp³-hybridized carbons (Fsp3) is 0.344. The summed E-state index contributed by atoms with van der Waals surface area (Å²) >= 11 is 6.12. The third kappa shape index (κ3) is 5.98. The lowest BCUT2D eigenvalue weighted by Gasteiger charge is -2.32. The van der Waals surface area contributed by atoms with E-state index in [1.807, 2.05) is 57.4 Å². The Labute approximate surface area is 255 Å². The van der Waals surface area contributed by atoms with Gasteiger partial charge in [-0.2, -0.15) is 10.1 Å². The zero-order valence-corrected chi connectivity index (χ0v) is 25.7. The SMILES string of the molecule is Cc1cc(-c2[nH]nc3ncc(-c4ccc(N5CCN(Cl)CC5)cc4)cc23)ccc1[C@@H](C)NC(=O)c1noc(C(C)(C)C)n1. The van der Waals surface area contributed by atoms with Gasteiger partial charge in [0.05, 0.1) is 11.7 Å². The maximum absolute atomic E-state index is 12.8. The fourth-order valence-corrected chi connectivity index (χ4v) is 5.51. The summed E-state index contributed by atoms with van der Waals surface area (Å²) in [5.74, 6) is 0.0787. The summed E-state index contributed by atoms with van der Waals surface area (Å²) in [7, 11) is 0. The molecule has 5 aromatic rings. The first kappa shape index (κ1) is 28.8. The number of amides is 1. The average molecular weight is 599 g/mol. The van der Waals surface area contributed by atoms with Crippen molar-refractivity contribution in [2.45, 2.75) is 46.1 Å². The van der Waals surface area contributed by atoms with Gasteiger partial charge >= 0.3 is 0 Å². The number of benzene rings is 2. The summed E-state index contributed by atoms with van der Waals surface area (Å²) in [6.07, 6.45) is 1.86. The van der Waals surface area contributed by atoms with Crippen molar-refractivity contribution in [3.05, 3.63) is 77.6 Å². The van der Waals surface area contributed by atoms with Gasteiger partial charge in [0.2, 0.25) is 5.89 Å². The molecule has 1 saturated heterocycles. The predicted molar refractivity (Wildman–Crippen MR) is 168 cm³/mol. The van der Waals surface area contributed by atoms with Gasteiger partial charge in [-0.25, -0.2) is 9.40 Å². The van der Waals surface area contributed by atoms with E-state index in [0.29, 0.717) is 11.5 Å². The van der Waals surface area contributed by atoms with Gasteiger partial charge < -0.3 is 14.7 Å². The van der Waals surface area contributed by atoms with Crippen molar-refractivity contribution in [3.8, 4) is 22.4 Å². The van der Waals surface area contributed by atoms with Crippen LogP contribution in [0.25, 0.3) is 33.4 Å². The molecule has 1 aliphatic rings. The van der Waals surface area contributed by atoms with E-state index < -0.39 is 0 Å². The van der Waals surface area contributed by atoms with Crippen LogP contribution in [0.5, 0.6) is 0 Å². The molecule has 4 heterocycles.